The Morgan fingerprint density at radius 1 is 1.14 bits per heavy atom. The highest BCUT2D eigenvalue weighted by atomic mass is 16.6. The molecule has 140 valence electrons. The van der Waals surface area contributed by atoms with Gasteiger partial charge < -0.3 is 10.2 Å². The molecule has 1 amide bonds. The average molecular weight is 377 g/mol. The third-order valence-electron chi connectivity index (χ3n) is 3.61. The highest BCUT2D eigenvalue weighted by molar-refractivity contribution is 5.93. The van der Waals surface area contributed by atoms with E-state index in [0.29, 0.717) is 11.4 Å². The van der Waals surface area contributed by atoms with Crippen molar-refractivity contribution in [1.82, 2.24) is 0 Å². The van der Waals surface area contributed by atoms with Gasteiger partial charge in [-0.15, -0.1) is 10.2 Å². The van der Waals surface area contributed by atoms with Crippen molar-refractivity contribution in [2.45, 2.75) is 6.92 Å². The molecule has 2 aromatic carbocycles. The minimum Gasteiger partial charge on any atom is -0.378 e. The number of benzene rings is 2. The van der Waals surface area contributed by atoms with Crippen LogP contribution in [0.5, 0.6) is 0 Å². The topological polar surface area (TPSA) is 148 Å². The summed E-state index contributed by atoms with van der Waals surface area (Å²) in [6.45, 7) is 1.35. The van der Waals surface area contributed by atoms with Crippen molar-refractivity contribution in [1.29, 1.82) is 10.5 Å². The van der Waals surface area contributed by atoms with E-state index in [1.54, 1.807) is 30.3 Å². The van der Waals surface area contributed by atoms with Gasteiger partial charge in [0.1, 0.15) is 23.5 Å². The first-order valence-corrected chi connectivity index (χ1v) is 7.90. The zero-order valence-corrected chi connectivity index (χ0v) is 15.3. The summed E-state index contributed by atoms with van der Waals surface area (Å²) in [7, 11) is 3.67. The first-order valence-electron chi connectivity index (χ1n) is 7.90. The number of non-ortho nitro benzene ring substituents is 1. The summed E-state index contributed by atoms with van der Waals surface area (Å²) >= 11 is 0. The lowest BCUT2D eigenvalue weighted by atomic mass is 10.1. The third-order valence-corrected chi connectivity index (χ3v) is 3.61. The van der Waals surface area contributed by atoms with Crippen LogP contribution in [0.3, 0.4) is 0 Å². The molecule has 0 aliphatic heterocycles. The van der Waals surface area contributed by atoms with Crippen molar-refractivity contribution in [3.05, 3.63) is 51.6 Å². The average Bonchev–Trinajstić information content (AvgIpc) is 2.65. The zero-order chi connectivity index (χ0) is 20.8. The first kappa shape index (κ1) is 20.0. The number of azo groups is 1. The second kappa shape index (κ2) is 8.38. The Kier molecular flexibility index (Phi) is 5.99. The summed E-state index contributed by atoms with van der Waals surface area (Å²) in [5, 5.41) is 40.1. The molecule has 0 aromatic heterocycles. The van der Waals surface area contributed by atoms with E-state index < -0.39 is 4.92 Å². The Morgan fingerprint density at radius 3 is 2.21 bits per heavy atom. The van der Waals surface area contributed by atoms with Gasteiger partial charge in [-0.05, 0) is 18.2 Å². The smallest absolute Gasteiger partial charge is 0.272 e. The zero-order valence-electron chi connectivity index (χ0n) is 15.3. The molecule has 2 aromatic rings. The molecular weight excluding hydrogens is 362 g/mol. The van der Waals surface area contributed by atoms with E-state index in [1.165, 1.54) is 6.92 Å². The second-order valence-corrected chi connectivity index (χ2v) is 5.85. The molecule has 0 radical (unpaired) electrons. The summed E-state index contributed by atoms with van der Waals surface area (Å²) in [4.78, 5) is 23.6. The van der Waals surface area contributed by atoms with E-state index in [4.69, 9.17) is 0 Å². The number of nitro benzene ring substituents is 1. The Bertz CT molecular complexity index is 1030. The lowest BCUT2D eigenvalue weighted by molar-refractivity contribution is -0.384. The lowest BCUT2D eigenvalue weighted by Gasteiger charge is -2.15. The number of amides is 1. The van der Waals surface area contributed by atoms with Gasteiger partial charge >= 0.3 is 0 Å². The van der Waals surface area contributed by atoms with Crippen LogP contribution in [0.4, 0.5) is 28.4 Å². The number of anilines is 2. The number of hydrogen-bond acceptors (Lipinski definition) is 8. The molecule has 0 atom stereocenters. The van der Waals surface area contributed by atoms with Crippen molar-refractivity contribution in [3.8, 4) is 12.1 Å². The Labute approximate surface area is 160 Å². The van der Waals surface area contributed by atoms with Crippen LogP contribution >= 0.6 is 0 Å². The number of carbonyl (C=O) groups excluding carboxylic acids is 1. The predicted molar refractivity (Wildman–Crippen MR) is 102 cm³/mol. The van der Waals surface area contributed by atoms with E-state index >= 15 is 0 Å². The van der Waals surface area contributed by atoms with E-state index in [1.807, 2.05) is 19.0 Å². The quantitative estimate of drug-likeness (QED) is 0.476. The van der Waals surface area contributed by atoms with Gasteiger partial charge in [0.25, 0.3) is 5.69 Å². The van der Waals surface area contributed by atoms with Gasteiger partial charge in [-0.25, -0.2) is 0 Å². The first-order chi connectivity index (χ1) is 13.3. The summed E-state index contributed by atoms with van der Waals surface area (Å²) in [6, 6.07) is 10.7. The highest BCUT2D eigenvalue weighted by Crippen LogP contribution is 2.34. The van der Waals surface area contributed by atoms with E-state index in [2.05, 4.69) is 15.5 Å². The molecule has 0 aliphatic rings. The SMILES string of the molecule is CC(=O)Nc1cc(N(C)C)ccc1N=Nc1c(C#N)cc([N+](=O)[O-])cc1C#N. The number of nitrogens with zero attached hydrogens (tertiary/aromatic N) is 6. The summed E-state index contributed by atoms with van der Waals surface area (Å²) in [5.74, 6) is -0.307. The number of rotatable bonds is 5. The predicted octanol–water partition coefficient (Wildman–Crippen LogP) is 3.78. The van der Waals surface area contributed by atoms with Crippen LogP contribution in [0.15, 0.2) is 40.6 Å². The van der Waals surface area contributed by atoms with E-state index in [-0.39, 0.29) is 28.4 Å². The number of nitriles is 2. The fraction of sp³-hybridized carbons (Fsp3) is 0.167. The number of nitro groups is 1. The standard InChI is InChI=1S/C18H15N7O3/c1-11(26)21-17-8-14(24(2)3)4-5-16(17)22-23-18-12(9-19)6-15(25(27)28)7-13(18)10-20/h4-8H,1-3H3,(H,21,26). The molecule has 0 aliphatic carbocycles. The summed E-state index contributed by atoms with van der Waals surface area (Å²) in [5.41, 5.74) is 0.727. The van der Waals surface area contributed by atoms with Gasteiger partial charge in [0.05, 0.1) is 21.7 Å². The van der Waals surface area contributed by atoms with Crippen LogP contribution in [-0.4, -0.2) is 24.9 Å². The monoisotopic (exact) mass is 377 g/mol. The Hall–Kier alpha value is -4.31. The molecule has 0 fully saturated rings. The van der Waals surface area contributed by atoms with Crippen molar-refractivity contribution in [2.24, 2.45) is 10.2 Å². The molecule has 10 heteroatoms. The van der Waals surface area contributed by atoms with Gasteiger partial charge in [-0.1, -0.05) is 0 Å². The number of nitrogens with one attached hydrogen (secondary N) is 1. The molecule has 0 heterocycles. The molecule has 0 saturated carbocycles. The van der Waals surface area contributed by atoms with Crippen LogP contribution in [0.1, 0.15) is 18.1 Å². The maximum atomic E-state index is 11.5. The Balaban J connectivity index is 2.57. The molecule has 2 rings (SSSR count). The van der Waals surface area contributed by atoms with Gasteiger partial charge in [0, 0.05) is 38.8 Å². The Morgan fingerprint density at radius 2 is 1.75 bits per heavy atom. The second-order valence-electron chi connectivity index (χ2n) is 5.85. The molecule has 0 bridgehead atoms. The fourth-order valence-corrected chi connectivity index (χ4v) is 2.29. The van der Waals surface area contributed by atoms with Crippen molar-refractivity contribution in [2.75, 3.05) is 24.3 Å². The van der Waals surface area contributed by atoms with Crippen molar-refractivity contribution < 1.29 is 9.72 Å². The largest absolute Gasteiger partial charge is 0.378 e. The minimum absolute atomic E-state index is 0.0824. The molecular formula is C18H15N7O3. The molecule has 10 nitrogen and oxygen atoms in total. The van der Waals surface area contributed by atoms with Crippen LogP contribution in [0.25, 0.3) is 0 Å². The van der Waals surface area contributed by atoms with Gasteiger partial charge in [0.2, 0.25) is 5.91 Å². The van der Waals surface area contributed by atoms with Crippen molar-refractivity contribution in [3.63, 3.8) is 0 Å². The van der Waals surface area contributed by atoms with Gasteiger partial charge in [0.15, 0.2) is 0 Å². The summed E-state index contributed by atoms with van der Waals surface area (Å²) < 4.78 is 0. The van der Waals surface area contributed by atoms with Crippen LogP contribution in [-0.2, 0) is 4.79 Å². The van der Waals surface area contributed by atoms with Crippen LogP contribution in [0, 0.1) is 32.8 Å². The summed E-state index contributed by atoms with van der Waals surface area (Å²) in [6.07, 6.45) is 0. The van der Waals surface area contributed by atoms with Crippen molar-refractivity contribution >= 4 is 34.3 Å². The maximum Gasteiger partial charge on any atom is 0.272 e. The van der Waals surface area contributed by atoms with Gasteiger partial charge in [-0.2, -0.15) is 10.5 Å². The number of hydrogen-bond donors (Lipinski definition) is 1. The molecule has 0 saturated heterocycles. The number of carbonyl (C=O) groups is 1. The van der Waals surface area contributed by atoms with Gasteiger partial charge in [-0.3, -0.25) is 14.9 Å². The fourth-order valence-electron chi connectivity index (χ4n) is 2.29. The molecule has 1 N–H and O–H groups in total. The molecule has 28 heavy (non-hydrogen) atoms. The lowest BCUT2D eigenvalue weighted by Crippen LogP contribution is -2.10. The van der Waals surface area contributed by atoms with Crippen LogP contribution < -0.4 is 10.2 Å². The minimum atomic E-state index is -0.697. The third kappa shape index (κ3) is 4.45. The van der Waals surface area contributed by atoms with E-state index in [9.17, 15) is 25.4 Å². The normalized spacial score (nSPS) is 10.2. The highest BCUT2D eigenvalue weighted by Gasteiger charge is 2.17. The molecule has 0 unspecified atom stereocenters. The van der Waals surface area contributed by atoms with Crippen LogP contribution in [0.2, 0.25) is 0 Å². The van der Waals surface area contributed by atoms with E-state index in [0.717, 1.165) is 17.8 Å². The molecule has 0 spiro atoms. The maximum absolute atomic E-state index is 11.5.